The third-order valence-corrected chi connectivity index (χ3v) is 12.6. The number of fused-ring (bicyclic) bond motifs is 14. The molecule has 0 saturated heterocycles. The lowest BCUT2D eigenvalue weighted by atomic mass is 9.70. The monoisotopic (exact) mass is 727 g/mol. The molecule has 9 aromatic rings. The van der Waals surface area contributed by atoms with Crippen LogP contribution in [-0.4, -0.2) is 0 Å². The quantitative estimate of drug-likeness (QED) is 0.175. The molecular weight excluding hydrogens is 691 g/mol. The molecule has 2 heteroatoms. The van der Waals surface area contributed by atoms with E-state index in [0.717, 1.165) is 39.7 Å². The highest BCUT2D eigenvalue weighted by Crippen LogP contribution is 2.64. The summed E-state index contributed by atoms with van der Waals surface area (Å²) in [6.07, 6.45) is 7.99. The minimum absolute atomic E-state index is 0.382. The van der Waals surface area contributed by atoms with Crippen molar-refractivity contribution in [2.75, 3.05) is 4.90 Å². The van der Waals surface area contributed by atoms with Crippen LogP contribution in [0.2, 0.25) is 0 Å². The summed E-state index contributed by atoms with van der Waals surface area (Å²) >= 11 is 0. The van der Waals surface area contributed by atoms with Crippen LogP contribution in [0.25, 0.3) is 55.3 Å². The van der Waals surface area contributed by atoms with Crippen molar-refractivity contribution < 1.29 is 4.42 Å². The SMILES string of the molecule is C1=CC(c2ccccc2)CC=C1N(c1ccccc1)c1ccc(-c2ccc3c(c2)C2(c4ccccc4-3)c3ccccc3-c3c2ccc2c3oc3ccccc32)cc1. The molecule has 12 rings (SSSR count). The Morgan fingerprint density at radius 2 is 1.14 bits per heavy atom. The van der Waals surface area contributed by atoms with Crippen LogP contribution < -0.4 is 4.90 Å². The lowest BCUT2D eigenvalue weighted by Crippen LogP contribution is -2.25. The lowest BCUT2D eigenvalue weighted by molar-refractivity contribution is 0.669. The predicted octanol–water partition coefficient (Wildman–Crippen LogP) is 14.4. The van der Waals surface area contributed by atoms with Crippen molar-refractivity contribution in [1.82, 2.24) is 0 Å². The molecule has 3 aliphatic carbocycles. The molecule has 1 aromatic heterocycles. The van der Waals surface area contributed by atoms with E-state index in [1.807, 2.05) is 0 Å². The van der Waals surface area contributed by atoms with Crippen molar-refractivity contribution in [2.24, 2.45) is 0 Å². The molecule has 1 spiro atoms. The molecule has 2 atom stereocenters. The first-order valence-corrected chi connectivity index (χ1v) is 20.0. The van der Waals surface area contributed by atoms with E-state index >= 15 is 0 Å². The number of hydrogen-bond acceptors (Lipinski definition) is 2. The lowest BCUT2D eigenvalue weighted by Gasteiger charge is -2.31. The van der Waals surface area contributed by atoms with Gasteiger partial charge in [-0.2, -0.15) is 0 Å². The Kier molecular flexibility index (Phi) is 7.00. The molecular formula is C55H37NO. The van der Waals surface area contributed by atoms with Crippen molar-refractivity contribution >= 4 is 33.3 Å². The Labute approximate surface area is 332 Å². The standard InChI is InChI=1S/C55H37NO/c1-3-13-36(14-4-1)37-23-28-41(29-24-37)56(40-15-5-2-6-16-40)42-30-25-38(26-31-42)39-27-32-44-43-17-7-10-20-48(43)55(51(44)35-39)49-21-11-8-19-47(49)53-50(55)34-33-46-45-18-9-12-22-52(45)57-54(46)53/h1-23,25-35,37H,24H2. The van der Waals surface area contributed by atoms with Gasteiger partial charge in [-0.3, -0.25) is 0 Å². The summed E-state index contributed by atoms with van der Waals surface area (Å²) in [7, 11) is 0. The van der Waals surface area contributed by atoms with Gasteiger partial charge in [-0.1, -0.05) is 164 Å². The van der Waals surface area contributed by atoms with Gasteiger partial charge in [0.05, 0.1) is 5.41 Å². The zero-order valence-electron chi connectivity index (χ0n) is 31.3. The fraction of sp³-hybridized carbons (Fsp3) is 0.0545. The highest BCUT2D eigenvalue weighted by molar-refractivity contribution is 6.13. The number of rotatable bonds is 5. The first-order valence-electron chi connectivity index (χ1n) is 20.0. The van der Waals surface area contributed by atoms with E-state index < -0.39 is 5.41 Å². The molecule has 0 N–H and O–H groups in total. The van der Waals surface area contributed by atoms with Gasteiger partial charge < -0.3 is 9.32 Å². The Hall–Kier alpha value is -7.16. The molecule has 0 bridgehead atoms. The van der Waals surface area contributed by atoms with E-state index in [1.165, 1.54) is 66.9 Å². The Morgan fingerprint density at radius 3 is 1.93 bits per heavy atom. The van der Waals surface area contributed by atoms with Gasteiger partial charge in [-0.25, -0.2) is 0 Å². The van der Waals surface area contributed by atoms with Gasteiger partial charge >= 0.3 is 0 Å². The molecule has 8 aromatic carbocycles. The highest BCUT2D eigenvalue weighted by Gasteiger charge is 2.52. The van der Waals surface area contributed by atoms with Crippen LogP contribution in [0.3, 0.4) is 0 Å². The van der Waals surface area contributed by atoms with Crippen LogP contribution in [0.5, 0.6) is 0 Å². The van der Waals surface area contributed by atoms with Crippen LogP contribution >= 0.6 is 0 Å². The van der Waals surface area contributed by atoms with Crippen LogP contribution in [0.15, 0.2) is 216 Å². The van der Waals surface area contributed by atoms with Crippen LogP contribution in [0.4, 0.5) is 11.4 Å². The number of para-hydroxylation sites is 2. The Morgan fingerprint density at radius 1 is 0.491 bits per heavy atom. The second-order valence-electron chi connectivity index (χ2n) is 15.5. The largest absolute Gasteiger partial charge is 0.455 e. The van der Waals surface area contributed by atoms with Crippen molar-refractivity contribution in [3.63, 3.8) is 0 Å². The van der Waals surface area contributed by atoms with Crippen molar-refractivity contribution in [1.29, 1.82) is 0 Å². The van der Waals surface area contributed by atoms with E-state index in [1.54, 1.807) is 0 Å². The van der Waals surface area contributed by atoms with Gasteiger partial charge in [0, 0.05) is 39.3 Å². The summed E-state index contributed by atoms with van der Waals surface area (Å²) in [5.74, 6) is 0.382. The van der Waals surface area contributed by atoms with E-state index in [9.17, 15) is 0 Å². The minimum Gasteiger partial charge on any atom is -0.455 e. The summed E-state index contributed by atoms with van der Waals surface area (Å²) in [6, 6.07) is 68.8. The summed E-state index contributed by atoms with van der Waals surface area (Å²) in [6.45, 7) is 0. The van der Waals surface area contributed by atoms with E-state index in [-0.39, 0.29) is 0 Å². The van der Waals surface area contributed by atoms with Gasteiger partial charge in [0.15, 0.2) is 0 Å². The van der Waals surface area contributed by atoms with Gasteiger partial charge in [0.2, 0.25) is 0 Å². The average molecular weight is 728 g/mol. The molecule has 2 unspecified atom stereocenters. The molecule has 268 valence electrons. The maximum atomic E-state index is 6.74. The molecule has 0 fully saturated rings. The first-order chi connectivity index (χ1) is 28.3. The number of hydrogen-bond donors (Lipinski definition) is 0. The molecule has 1 heterocycles. The third-order valence-electron chi connectivity index (χ3n) is 12.6. The van der Waals surface area contributed by atoms with Crippen molar-refractivity contribution in [3.8, 4) is 33.4 Å². The molecule has 2 nitrogen and oxygen atoms in total. The molecule has 0 saturated carbocycles. The molecule has 0 radical (unpaired) electrons. The topological polar surface area (TPSA) is 16.4 Å². The zero-order chi connectivity index (χ0) is 37.5. The van der Waals surface area contributed by atoms with E-state index in [4.69, 9.17) is 4.42 Å². The fourth-order valence-corrected chi connectivity index (χ4v) is 10.1. The fourth-order valence-electron chi connectivity index (χ4n) is 10.1. The second-order valence-corrected chi connectivity index (χ2v) is 15.5. The summed E-state index contributed by atoms with van der Waals surface area (Å²) < 4.78 is 6.74. The smallest absolute Gasteiger partial charge is 0.143 e. The van der Waals surface area contributed by atoms with Crippen LogP contribution in [0.1, 0.15) is 40.2 Å². The average Bonchev–Trinajstić information content (AvgIpc) is 3.92. The van der Waals surface area contributed by atoms with Crippen LogP contribution in [0, 0.1) is 0 Å². The minimum atomic E-state index is -0.470. The number of allylic oxidation sites excluding steroid dienone is 3. The second kappa shape index (κ2) is 12.4. The maximum Gasteiger partial charge on any atom is 0.143 e. The molecule has 3 aliphatic rings. The van der Waals surface area contributed by atoms with E-state index in [0.29, 0.717) is 5.92 Å². The van der Waals surface area contributed by atoms with Gasteiger partial charge in [-0.15, -0.1) is 0 Å². The predicted molar refractivity (Wildman–Crippen MR) is 235 cm³/mol. The Bertz CT molecular complexity index is 3100. The number of anilines is 2. The zero-order valence-corrected chi connectivity index (χ0v) is 31.3. The molecule has 0 amide bonds. The number of furan rings is 1. The Balaban J connectivity index is 0.985. The maximum absolute atomic E-state index is 6.74. The summed E-state index contributed by atoms with van der Waals surface area (Å²) in [4.78, 5) is 2.38. The van der Waals surface area contributed by atoms with Gasteiger partial charge in [0.1, 0.15) is 11.2 Å². The van der Waals surface area contributed by atoms with Gasteiger partial charge in [0.25, 0.3) is 0 Å². The normalized spacial score (nSPS) is 17.3. The first kappa shape index (κ1) is 32.1. The number of nitrogens with zero attached hydrogens (tertiary/aromatic N) is 1. The molecule has 0 aliphatic heterocycles. The van der Waals surface area contributed by atoms with Gasteiger partial charge in [-0.05, 0) is 105 Å². The van der Waals surface area contributed by atoms with Crippen molar-refractivity contribution in [2.45, 2.75) is 17.8 Å². The summed E-state index contributed by atoms with van der Waals surface area (Å²) in [5.41, 5.74) is 18.9. The highest BCUT2D eigenvalue weighted by atomic mass is 16.3. The third kappa shape index (κ3) is 4.65. The number of benzene rings is 8. The summed E-state index contributed by atoms with van der Waals surface area (Å²) in [5, 5.41) is 2.32. The van der Waals surface area contributed by atoms with Crippen LogP contribution in [-0.2, 0) is 5.41 Å². The van der Waals surface area contributed by atoms with E-state index in [2.05, 4.69) is 211 Å². The molecule has 57 heavy (non-hydrogen) atoms. The van der Waals surface area contributed by atoms with Crippen molar-refractivity contribution in [3.05, 3.63) is 240 Å².